The van der Waals surface area contributed by atoms with E-state index in [0.29, 0.717) is 6.61 Å². The maximum atomic E-state index is 5.95. The zero-order valence-corrected chi connectivity index (χ0v) is 17.0. The van der Waals surface area contributed by atoms with Gasteiger partial charge in [-0.2, -0.15) is 0 Å². The van der Waals surface area contributed by atoms with Gasteiger partial charge in [-0.05, 0) is 36.2 Å². The summed E-state index contributed by atoms with van der Waals surface area (Å²) in [4.78, 5) is 4.05. The summed E-state index contributed by atoms with van der Waals surface area (Å²) in [6, 6.07) is 14.1. The number of imidazole rings is 1. The van der Waals surface area contributed by atoms with Gasteiger partial charge in [0.15, 0.2) is 11.5 Å². The van der Waals surface area contributed by atoms with E-state index >= 15 is 0 Å². The largest absolute Gasteiger partial charge is 0.493 e. The molecule has 3 aromatic rings. The third-order valence-electron chi connectivity index (χ3n) is 4.21. The molecule has 0 radical (unpaired) electrons. The van der Waals surface area contributed by atoms with Crippen molar-refractivity contribution in [2.24, 2.45) is 0 Å². The van der Waals surface area contributed by atoms with E-state index in [2.05, 4.69) is 30.8 Å². The second-order valence-corrected chi connectivity index (χ2v) is 7.05. The fraction of sp³-hybridized carbons (Fsp3) is 0.286. The summed E-state index contributed by atoms with van der Waals surface area (Å²) in [7, 11) is 1.67. The smallest absolute Gasteiger partial charge is 0.162 e. The second kappa shape index (κ2) is 10.1. The summed E-state index contributed by atoms with van der Waals surface area (Å²) in [5, 5.41) is 3.47. The molecule has 1 heterocycles. The molecule has 27 heavy (non-hydrogen) atoms. The number of halogens is 1. The van der Waals surface area contributed by atoms with E-state index in [-0.39, 0.29) is 0 Å². The van der Waals surface area contributed by atoms with Crippen LogP contribution in [0.4, 0.5) is 0 Å². The van der Waals surface area contributed by atoms with Gasteiger partial charge in [-0.1, -0.05) is 46.3 Å². The Hall–Kier alpha value is -2.31. The van der Waals surface area contributed by atoms with E-state index in [4.69, 9.17) is 9.47 Å². The van der Waals surface area contributed by atoms with Crippen LogP contribution in [0, 0.1) is 0 Å². The fourth-order valence-electron chi connectivity index (χ4n) is 2.75. The number of methoxy groups -OCH3 is 1. The summed E-state index contributed by atoms with van der Waals surface area (Å²) in [6.45, 7) is 3.16. The Morgan fingerprint density at radius 1 is 1.15 bits per heavy atom. The number of ether oxygens (including phenoxy) is 2. The van der Waals surface area contributed by atoms with Gasteiger partial charge in [0.25, 0.3) is 0 Å². The summed E-state index contributed by atoms with van der Waals surface area (Å²) in [5.41, 5.74) is 2.26. The maximum absolute atomic E-state index is 5.95. The van der Waals surface area contributed by atoms with E-state index < -0.39 is 0 Å². The Labute approximate surface area is 168 Å². The Balaban J connectivity index is 1.53. The van der Waals surface area contributed by atoms with Gasteiger partial charge < -0.3 is 19.4 Å². The van der Waals surface area contributed by atoms with E-state index in [9.17, 15) is 0 Å². The standard InChI is InChI=1S/C21H24BrN3O2/c1-26-20-12-18(14-23-8-5-10-25-11-9-24-16-25)19(22)13-21(20)27-15-17-6-3-2-4-7-17/h2-4,6-7,9,11-13,16,23H,5,8,10,14-15H2,1H3. The lowest BCUT2D eigenvalue weighted by atomic mass is 10.2. The van der Waals surface area contributed by atoms with Crippen LogP contribution in [-0.4, -0.2) is 23.2 Å². The Kier molecular flexibility index (Phi) is 7.30. The molecule has 3 rings (SSSR count). The molecule has 5 nitrogen and oxygen atoms in total. The first-order valence-electron chi connectivity index (χ1n) is 8.96. The van der Waals surface area contributed by atoms with Gasteiger partial charge in [0, 0.05) is 30.0 Å². The molecule has 1 aromatic heterocycles. The Bertz CT molecular complexity index is 823. The van der Waals surface area contributed by atoms with Crippen molar-refractivity contribution in [1.82, 2.24) is 14.9 Å². The van der Waals surface area contributed by atoms with Gasteiger partial charge in [-0.3, -0.25) is 0 Å². The minimum Gasteiger partial charge on any atom is -0.493 e. The zero-order chi connectivity index (χ0) is 18.9. The third kappa shape index (κ3) is 5.84. The SMILES string of the molecule is COc1cc(CNCCCn2ccnc2)c(Br)cc1OCc1ccccc1. The molecular weight excluding hydrogens is 406 g/mol. The van der Waals surface area contributed by atoms with Gasteiger partial charge >= 0.3 is 0 Å². The van der Waals surface area contributed by atoms with E-state index in [1.54, 1.807) is 13.3 Å². The zero-order valence-electron chi connectivity index (χ0n) is 15.4. The van der Waals surface area contributed by atoms with Crippen molar-refractivity contribution in [2.45, 2.75) is 26.1 Å². The third-order valence-corrected chi connectivity index (χ3v) is 4.95. The number of aryl methyl sites for hydroxylation is 1. The number of nitrogens with one attached hydrogen (secondary N) is 1. The molecule has 0 fully saturated rings. The van der Waals surface area contributed by atoms with Crippen molar-refractivity contribution >= 4 is 15.9 Å². The molecule has 0 unspecified atom stereocenters. The van der Waals surface area contributed by atoms with Crippen molar-refractivity contribution in [2.75, 3.05) is 13.7 Å². The number of aromatic nitrogens is 2. The van der Waals surface area contributed by atoms with Crippen LogP contribution in [0.25, 0.3) is 0 Å². The van der Waals surface area contributed by atoms with Gasteiger partial charge in [0.2, 0.25) is 0 Å². The molecule has 0 aliphatic rings. The molecule has 0 bridgehead atoms. The van der Waals surface area contributed by atoms with Crippen LogP contribution in [0.5, 0.6) is 11.5 Å². The van der Waals surface area contributed by atoms with Crippen LogP contribution < -0.4 is 14.8 Å². The monoisotopic (exact) mass is 429 g/mol. The number of rotatable bonds is 10. The number of nitrogens with zero attached hydrogens (tertiary/aromatic N) is 2. The van der Waals surface area contributed by atoms with Crippen molar-refractivity contribution in [3.8, 4) is 11.5 Å². The molecule has 0 atom stereocenters. The summed E-state index contributed by atoms with van der Waals surface area (Å²) in [5.74, 6) is 1.47. The number of hydrogen-bond acceptors (Lipinski definition) is 4. The van der Waals surface area contributed by atoms with Crippen LogP contribution in [0.1, 0.15) is 17.5 Å². The van der Waals surface area contributed by atoms with E-state index in [1.807, 2.05) is 55.0 Å². The highest BCUT2D eigenvalue weighted by atomic mass is 79.9. The maximum Gasteiger partial charge on any atom is 0.162 e. The Morgan fingerprint density at radius 2 is 2.00 bits per heavy atom. The number of hydrogen-bond donors (Lipinski definition) is 1. The van der Waals surface area contributed by atoms with Gasteiger partial charge in [0.05, 0.1) is 13.4 Å². The minimum atomic E-state index is 0.509. The molecule has 0 aliphatic carbocycles. The van der Waals surface area contributed by atoms with Crippen molar-refractivity contribution in [1.29, 1.82) is 0 Å². The van der Waals surface area contributed by atoms with Crippen molar-refractivity contribution in [3.63, 3.8) is 0 Å². The lowest BCUT2D eigenvalue weighted by Crippen LogP contribution is -2.16. The highest BCUT2D eigenvalue weighted by Crippen LogP contribution is 2.34. The average molecular weight is 430 g/mol. The molecule has 2 aromatic carbocycles. The van der Waals surface area contributed by atoms with Gasteiger partial charge in [-0.25, -0.2) is 4.98 Å². The Morgan fingerprint density at radius 3 is 2.74 bits per heavy atom. The molecule has 0 aliphatic heterocycles. The molecular formula is C21H24BrN3O2. The van der Waals surface area contributed by atoms with Gasteiger partial charge in [0.1, 0.15) is 6.61 Å². The van der Waals surface area contributed by atoms with Crippen LogP contribution in [0.15, 0.2) is 65.7 Å². The van der Waals surface area contributed by atoms with Crippen molar-refractivity contribution < 1.29 is 9.47 Å². The highest BCUT2D eigenvalue weighted by Gasteiger charge is 2.10. The molecule has 6 heteroatoms. The fourth-order valence-corrected chi connectivity index (χ4v) is 3.21. The molecule has 1 N–H and O–H groups in total. The van der Waals surface area contributed by atoms with Crippen LogP contribution in [-0.2, 0) is 19.7 Å². The lowest BCUT2D eigenvalue weighted by Gasteiger charge is -2.14. The summed E-state index contributed by atoms with van der Waals surface area (Å²) < 4.78 is 14.6. The average Bonchev–Trinajstić information content (AvgIpc) is 3.21. The highest BCUT2D eigenvalue weighted by molar-refractivity contribution is 9.10. The van der Waals surface area contributed by atoms with Crippen LogP contribution >= 0.6 is 15.9 Å². The minimum absolute atomic E-state index is 0.509. The number of benzene rings is 2. The van der Waals surface area contributed by atoms with Crippen LogP contribution in [0.3, 0.4) is 0 Å². The lowest BCUT2D eigenvalue weighted by molar-refractivity contribution is 0.284. The topological polar surface area (TPSA) is 48.3 Å². The predicted molar refractivity (Wildman–Crippen MR) is 110 cm³/mol. The molecule has 0 amide bonds. The van der Waals surface area contributed by atoms with E-state index in [1.165, 1.54) is 0 Å². The first-order chi connectivity index (χ1) is 13.3. The van der Waals surface area contributed by atoms with Gasteiger partial charge in [-0.15, -0.1) is 0 Å². The molecule has 0 saturated carbocycles. The first-order valence-corrected chi connectivity index (χ1v) is 9.75. The summed E-state index contributed by atoms with van der Waals surface area (Å²) in [6.07, 6.45) is 6.67. The first kappa shape index (κ1) is 19.5. The van der Waals surface area contributed by atoms with E-state index in [0.717, 1.165) is 53.2 Å². The van der Waals surface area contributed by atoms with Crippen LogP contribution in [0.2, 0.25) is 0 Å². The molecule has 0 spiro atoms. The predicted octanol–water partition coefficient (Wildman–Crippen LogP) is 4.41. The molecule has 142 valence electrons. The molecule has 0 saturated heterocycles. The second-order valence-electron chi connectivity index (χ2n) is 6.20. The quantitative estimate of drug-likeness (QED) is 0.484. The van der Waals surface area contributed by atoms with Crippen molar-refractivity contribution in [3.05, 3.63) is 76.8 Å². The normalized spacial score (nSPS) is 10.7. The summed E-state index contributed by atoms with van der Waals surface area (Å²) >= 11 is 3.65.